The Bertz CT molecular complexity index is 1280. The van der Waals surface area contributed by atoms with Crippen molar-refractivity contribution < 1.29 is 19.2 Å². The molecule has 0 atom stereocenters. The molecule has 7 heteroatoms. The van der Waals surface area contributed by atoms with Crippen molar-refractivity contribution in [2.75, 3.05) is 4.90 Å². The topological polar surface area (TPSA) is 110 Å². The fourth-order valence-electron chi connectivity index (χ4n) is 3.73. The molecule has 0 unspecified atom stereocenters. The molecule has 0 aromatic heterocycles. The lowest BCUT2D eigenvalue weighted by Crippen LogP contribution is -2.30. The normalized spacial score (nSPS) is 12.6. The largest absolute Gasteiger partial charge is 0.366 e. The number of nitrogens with zero attached hydrogens (tertiary/aromatic N) is 1. The Morgan fingerprint density at radius 3 is 2.16 bits per heavy atom. The monoisotopic (exact) mass is 427 g/mol. The van der Waals surface area contributed by atoms with Gasteiger partial charge in [-0.2, -0.15) is 0 Å². The van der Waals surface area contributed by atoms with Crippen molar-refractivity contribution in [3.8, 4) is 0 Å². The minimum atomic E-state index is -0.521. The van der Waals surface area contributed by atoms with Gasteiger partial charge in [0.05, 0.1) is 16.8 Å². The van der Waals surface area contributed by atoms with E-state index in [0.29, 0.717) is 11.3 Å². The molecule has 0 saturated carbocycles. The Labute approximate surface area is 184 Å². The molecule has 3 aromatic carbocycles. The van der Waals surface area contributed by atoms with E-state index in [1.807, 2.05) is 26.0 Å². The standard InChI is InChI=1S/C25H21N3O4/c1-14-3-10-21(15(2)11-14)28-24(31)19-9-8-18(12-20(19)25(28)32)23(30)27-13-16-4-6-17(7-5-16)22(26)29/h3-12H,13H2,1-2H3,(H2,26,29)(H,27,30). The maximum atomic E-state index is 13.0. The number of rotatable bonds is 5. The van der Waals surface area contributed by atoms with Gasteiger partial charge in [0.1, 0.15) is 0 Å². The maximum absolute atomic E-state index is 13.0. The SMILES string of the molecule is Cc1ccc(N2C(=O)c3ccc(C(=O)NCc4ccc(C(N)=O)cc4)cc3C2=O)c(C)c1. The van der Waals surface area contributed by atoms with Gasteiger partial charge in [-0.25, -0.2) is 4.90 Å². The summed E-state index contributed by atoms with van der Waals surface area (Å²) in [6.07, 6.45) is 0. The minimum Gasteiger partial charge on any atom is -0.366 e. The van der Waals surface area contributed by atoms with E-state index < -0.39 is 17.7 Å². The van der Waals surface area contributed by atoms with Crippen LogP contribution in [-0.2, 0) is 6.54 Å². The third kappa shape index (κ3) is 3.76. The average Bonchev–Trinajstić information content (AvgIpc) is 3.02. The average molecular weight is 427 g/mol. The summed E-state index contributed by atoms with van der Waals surface area (Å²) in [6.45, 7) is 4.02. The van der Waals surface area contributed by atoms with Gasteiger partial charge in [0.25, 0.3) is 17.7 Å². The Hall–Kier alpha value is -4.26. The number of hydrogen-bond acceptors (Lipinski definition) is 4. The first kappa shape index (κ1) is 21.0. The zero-order chi connectivity index (χ0) is 23.0. The first-order valence-electron chi connectivity index (χ1n) is 10.0. The van der Waals surface area contributed by atoms with E-state index in [2.05, 4.69) is 5.32 Å². The molecule has 0 fully saturated rings. The fourth-order valence-corrected chi connectivity index (χ4v) is 3.73. The third-order valence-electron chi connectivity index (χ3n) is 5.43. The smallest absolute Gasteiger partial charge is 0.266 e. The molecule has 1 aliphatic heterocycles. The number of fused-ring (bicyclic) bond motifs is 1. The van der Waals surface area contributed by atoms with Gasteiger partial charge in [-0.05, 0) is 61.4 Å². The highest BCUT2D eigenvalue weighted by atomic mass is 16.2. The van der Waals surface area contributed by atoms with Crippen LogP contribution in [0.2, 0.25) is 0 Å². The Morgan fingerprint density at radius 1 is 0.844 bits per heavy atom. The van der Waals surface area contributed by atoms with E-state index in [4.69, 9.17) is 5.73 Å². The number of imide groups is 1. The van der Waals surface area contributed by atoms with Crippen LogP contribution in [0.5, 0.6) is 0 Å². The summed E-state index contributed by atoms with van der Waals surface area (Å²) in [4.78, 5) is 50.8. The number of amides is 4. The van der Waals surface area contributed by atoms with Crippen LogP contribution in [0.3, 0.4) is 0 Å². The molecule has 3 N–H and O–H groups in total. The number of carbonyl (C=O) groups is 4. The number of nitrogens with one attached hydrogen (secondary N) is 1. The number of anilines is 1. The number of carbonyl (C=O) groups excluding carboxylic acids is 4. The molecule has 0 saturated heterocycles. The summed E-state index contributed by atoms with van der Waals surface area (Å²) in [5.74, 6) is -1.75. The predicted molar refractivity (Wildman–Crippen MR) is 120 cm³/mol. The molecule has 1 aliphatic rings. The number of benzene rings is 3. The first-order chi connectivity index (χ1) is 15.3. The summed E-state index contributed by atoms with van der Waals surface area (Å²) in [6, 6.07) is 16.6. The van der Waals surface area contributed by atoms with Crippen LogP contribution in [-0.4, -0.2) is 23.6 Å². The van der Waals surface area contributed by atoms with Crippen molar-refractivity contribution in [2.45, 2.75) is 20.4 Å². The van der Waals surface area contributed by atoms with Crippen LogP contribution in [0.4, 0.5) is 5.69 Å². The van der Waals surface area contributed by atoms with Crippen molar-refractivity contribution in [2.24, 2.45) is 5.73 Å². The lowest BCUT2D eigenvalue weighted by Gasteiger charge is -2.16. The van der Waals surface area contributed by atoms with Crippen molar-refractivity contribution in [1.82, 2.24) is 5.32 Å². The minimum absolute atomic E-state index is 0.202. The second-order valence-corrected chi connectivity index (χ2v) is 7.74. The Morgan fingerprint density at radius 2 is 1.50 bits per heavy atom. The summed E-state index contributed by atoms with van der Waals surface area (Å²) in [5.41, 5.74) is 9.54. The molecule has 4 amide bonds. The third-order valence-corrected chi connectivity index (χ3v) is 5.43. The molecule has 160 valence electrons. The van der Waals surface area contributed by atoms with Crippen molar-refractivity contribution >= 4 is 29.3 Å². The summed E-state index contributed by atoms with van der Waals surface area (Å²) in [7, 11) is 0. The van der Waals surface area contributed by atoms with Crippen LogP contribution < -0.4 is 16.0 Å². The van der Waals surface area contributed by atoms with E-state index in [-0.39, 0.29) is 29.1 Å². The van der Waals surface area contributed by atoms with Gasteiger partial charge in [0.15, 0.2) is 0 Å². The molecule has 3 aromatic rings. The lowest BCUT2D eigenvalue weighted by molar-refractivity contribution is 0.0922. The van der Waals surface area contributed by atoms with Crippen LogP contribution in [0.15, 0.2) is 60.7 Å². The van der Waals surface area contributed by atoms with Gasteiger partial charge in [0.2, 0.25) is 5.91 Å². The van der Waals surface area contributed by atoms with Gasteiger partial charge in [-0.15, -0.1) is 0 Å². The van der Waals surface area contributed by atoms with Gasteiger partial charge >= 0.3 is 0 Å². The molecular weight excluding hydrogens is 406 g/mol. The Balaban J connectivity index is 1.53. The van der Waals surface area contributed by atoms with Crippen LogP contribution in [0.1, 0.15) is 58.1 Å². The lowest BCUT2D eigenvalue weighted by atomic mass is 10.1. The molecule has 0 radical (unpaired) electrons. The second kappa shape index (κ2) is 8.11. The van der Waals surface area contributed by atoms with Crippen molar-refractivity contribution in [1.29, 1.82) is 0 Å². The van der Waals surface area contributed by atoms with Gasteiger partial charge in [-0.3, -0.25) is 19.2 Å². The number of nitrogens with two attached hydrogens (primary N) is 1. The highest BCUT2D eigenvalue weighted by Crippen LogP contribution is 2.31. The second-order valence-electron chi connectivity index (χ2n) is 7.74. The van der Waals surface area contributed by atoms with Crippen LogP contribution in [0.25, 0.3) is 0 Å². The highest BCUT2D eigenvalue weighted by Gasteiger charge is 2.37. The molecule has 1 heterocycles. The van der Waals surface area contributed by atoms with E-state index in [9.17, 15) is 19.2 Å². The fraction of sp³-hybridized carbons (Fsp3) is 0.120. The first-order valence-corrected chi connectivity index (χ1v) is 10.0. The van der Waals surface area contributed by atoms with Crippen LogP contribution in [0, 0.1) is 13.8 Å². The van der Waals surface area contributed by atoms with Crippen molar-refractivity contribution in [3.63, 3.8) is 0 Å². The number of aryl methyl sites for hydroxylation is 2. The van der Waals surface area contributed by atoms with E-state index in [1.165, 1.54) is 18.2 Å². The van der Waals surface area contributed by atoms with Gasteiger partial charge < -0.3 is 11.1 Å². The van der Waals surface area contributed by atoms with Gasteiger partial charge in [-0.1, -0.05) is 29.8 Å². The molecule has 7 nitrogen and oxygen atoms in total. The molecule has 0 bridgehead atoms. The number of hydrogen-bond donors (Lipinski definition) is 2. The summed E-state index contributed by atoms with van der Waals surface area (Å²) >= 11 is 0. The molecule has 4 rings (SSSR count). The zero-order valence-electron chi connectivity index (χ0n) is 17.6. The number of primary amides is 1. The van der Waals surface area contributed by atoms with E-state index >= 15 is 0 Å². The molecular formula is C25H21N3O4. The van der Waals surface area contributed by atoms with Crippen molar-refractivity contribution in [3.05, 3.63) is 99.6 Å². The Kier molecular flexibility index (Phi) is 5.32. The quantitative estimate of drug-likeness (QED) is 0.610. The predicted octanol–water partition coefficient (Wildman–Crippen LogP) is 3.13. The van der Waals surface area contributed by atoms with E-state index in [0.717, 1.165) is 21.6 Å². The van der Waals surface area contributed by atoms with Crippen LogP contribution >= 0.6 is 0 Å². The molecule has 0 spiro atoms. The molecule has 0 aliphatic carbocycles. The highest BCUT2D eigenvalue weighted by molar-refractivity contribution is 6.35. The molecule has 32 heavy (non-hydrogen) atoms. The van der Waals surface area contributed by atoms with E-state index in [1.54, 1.807) is 30.3 Å². The summed E-state index contributed by atoms with van der Waals surface area (Å²) < 4.78 is 0. The summed E-state index contributed by atoms with van der Waals surface area (Å²) in [5, 5.41) is 2.77. The maximum Gasteiger partial charge on any atom is 0.266 e. The van der Waals surface area contributed by atoms with Gasteiger partial charge in [0, 0.05) is 17.7 Å². The zero-order valence-corrected chi connectivity index (χ0v) is 17.6.